The number of rotatable bonds is 5. The molecule has 0 aliphatic carbocycles. The molecule has 1 atom stereocenters. The van der Waals surface area contributed by atoms with Crippen molar-refractivity contribution in [1.82, 2.24) is 20.4 Å². The number of urea groups is 1. The standard InChI is InChI=1S/C23H32N4O3/c1-30-22(28)20-19(24-23(29)25-21(20)17-8-4-2-5-9-17)16-26-14-10-18(11-15-26)27-12-6-3-7-13-27/h2,4-5,8-9,18,21H,3,6-7,10-16H2,1H3,(H2,24,25,29)/t21-/m0/s1. The summed E-state index contributed by atoms with van der Waals surface area (Å²) in [5, 5.41) is 5.76. The fourth-order valence-electron chi connectivity index (χ4n) is 4.94. The Bertz CT molecular complexity index is 781. The van der Waals surface area contributed by atoms with Crippen LogP contribution < -0.4 is 10.6 Å². The van der Waals surface area contributed by atoms with Crippen molar-refractivity contribution in [3.63, 3.8) is 0 Å². The number of amides is 2. The van der Waals surface area contributed by atoms with Gasteiger partial charge in [-0.05, 0) is 44.3 Å². The summed E-state index contributed by atoms with van der Waals surface area (Å²) < 4.78 is 5.08. The zero-order valence-corrected chi connectivity index (χ0v) is 17.7. The van der Waals surface area contributed by atoms with Crippen molar-refractivity contribution in [3.05, 3.63) is 47.2 Å². The molecule has 2 amide bonds. The first-order valence-corrected chi connectivity index (χ1v) is 11.1. The van der Waals surface area contributed by atoms with Crippen LogP contribution in [0.2, 0.25) is 0 Å². The molecule has 0 unspecified atom stereocenters. The Morgan fingerprint density at radius 3 is 2.43 bits per heavy atom. The molecule has 0 aromatic heterocycles. The Kier molecular flexibility index (Phi) is 6.69. The summed E-state index contributed by atoms with van der Waals surface area (Å²) in [6.07, 6.45) is 6.26. The van der Waals surface area contributed by atoms with Gasteiger partial charge in [-0.15, -0.1) is 0 Å². The van der Waals surface area contributed by atoms with E-state index >= 15 is 0 Å². The van der Waals surface area contributed by atoms with Crippen LogP contribution in [0, 0.1) is 0 Å². The smallest absolute Gasteiger partial charge is 0.338 e. The molecule has 30 heavy (non-hydrogen) atoms. The molecule has 7 heteroatoms. The number of nitrogens with zero attached hydrogens (tertiary/aromatic N) is 2. The number of piperidine rings is 2. The third kappa shape index (κ3) is 4.68. The van der Waals surface area contributed by atoms with E-state index in [9.17, 15) is 9.59 Å². The van der Waals surface area contributed by atoms with Gasteiger partial charge in [0.1, 0.15) is 0 Å². The van der Waals surface area contributed by atoms with Crippen molar-refractivity contribution in [3.8, 4) is 0 Å². The van der Waals surface area contributed by atoms with Crippen LogP contribution in [0.5, 0.6) is 0 Å². The second-order valence-electron chi connectivity index (χ2n) is 8.43. The van der Waals surface area contributed by atoms with Crippen LogP contribution >= 0.6 is 0 Å². The summed E-state index contributed by atoms with van der Waals surface area (Å²) in [6.45, 7) is 4.94. The van der Waals surface area contributed by atoms with Crippen molar-refractivity contribution >= 4 is 12.0 Å². The minimum Gasteiger partial charge on any atom is -0.466 e. The number of likely N-dealkylation sites (tertiary alicyclic amines) is 2. The van der Waals surface area contributed by atoms with Crippen LogP contribution in [-0.4, -0.2) is 67.7 Å². The number of ether oxygens (including phenoxy) is 1. The fourth-order valence-corrected chi connectivity index (χ4v) is 4.94. The predicted octanol–water partition coefficient (Wildman–Crippen LogP) is 2.42. The summed E-state index contributed by atoms with van der Waals surface area (Å²) in [6, 6.07) is 9.44. The Labute approximate surface area is 178 Å². The predicted molar refractivity (Wildman–Crippen MR) is 115 cm³/mol. The van der Waals surface area contributed by atoms with E-state index in [2.05, 4.69) is 20.4 Å². The Morgan fingerprint density at radius 2 is 1.77 bits per heavy atom. The molecule has 162 valence electrons. The lowest BCUT2D eigenvalue weighted by molar-refractivity contribution is -0.136. The highest BCUT2D eigenvalue weighted by atomic mass is 16.5. The molecule has 0 saturated carbocycles. The highest BCUT2D eigenvalue weighted by molar-refractivity contribution is 5.95. The maximum absolute atomic E-state index is 12.7. The van der Waals surface area contributed by atoms with E-state index in [0.29, 0.717) is 23.9 Å². The Morgan fingerprint density at radius 1 is 1.07 bits per heavy atom. The number of carbonyl (C=O) groups is 2. The zero-order chi connectivity index (χ0) is 20.9. The highest BCUT2D eigenvalue weighted by Gasteiger charge is 2.35. The lowest BCUT2D eigenvalue weighted by atomic mass is 9.94. The number of benzene rings is 1. The van der Waals surface area contributed by atoms with Gasteiger partial charge in [0.2, 0.25) is 0 Å². The first kappa shape index (κ1) is 20.9. The lowest BCUT2D eigenvalue weighted by Crippen LogP contribution is -2.51. The summed E-state index contributed by atoms with van der Waals surface area (Å²) in [7, 11) is 1.38. The van der Waals surface area contributed by atoms with Crippen molar-refractivity contribution in [2.24, 2.45) is 0 Å². The van der Waals surface area contributed by atoms with Gasteiger partial charge >= 0.3 is 12.0 Å². The molecule has 1 aromatic rings. The summed E-state index contributed by atoms with van der Waals surface area (Å²) >= 11 is 0. The van der Waals surface area contributed by atoms with Gasteiger partial charge in [0.05, 0.1) is 18.7 Å². The molecule has 2 N–H and O–H groups in total. The number of esters is 1. The number of methoxy groups -OCH3 is 1. The molecule has 4 rings (SSSR count). The molecular weight excluding hydrogens is 380 g/mol. The van der Waals surface area contributed by atoms with E-state index in [0.717, 1.165) is 31.5 Å². The Balaban J connectivity index is 1.49. The largest absolute Gasteiger partial charge is 0.466 e. The van der Waals surface area contributed by atoms with Crippen LogP contribution in [0.3, 0.4) is 0 Å². The fraction of sp³-hybridized carbons (Fsp3) is 0.565. The summed E-state index contributed by atoms with van der Waals surface area (Å²) in [4.78, 5) is 30.0. The van der Waals surface area contributed by atoms with Crippen molar-refractivity contribution in [2.75, 3.05) is 39.8 Å². The van der Waals surface area contributed by atoms with E-state index in [-0.39, 0.29) is 6.03 Å². The van der Waals surface area contributed by atoms with Gasteiger partial charge in [-0.3, -0.25) is 4.90 Å². The van der Waals surface area contributed by atoms with E-state index in [1.165, 1.54) is 39.5 Å². The molecule has 0 spiro atoms. The maximum Gasteiger partial charge on any atom is 0.338 e. The first-order chi connectivity index (χ1) is 14.7. The number of hydrogen-bond acceptors (Lipinski definition) is 5. The molecule has 0 bridgehead atoms. The SMILES string of the molecule is COC(=O)C1=C(CN2CCC(N3CCCCC3)CC2)NC(=O)N[C@H]1c1ccccc1. The first-order valence-electron chi connectivity index (χ1n) is 11.1. The Hall–Kier alpha value is -2.38. The zero-order valence-electron chi connectivity index (χ0n) is 17.7. The van der Waals surface area contributed by atoms with E-state index in [1.807, 2.05) is 30.3 Å². The quantitative estimate of drug-likeness (QED) is 0.727. The average Bonchev–Trinajstić information content (AvgIpc) is 2.80. The minimum absolute atomic E-state index is 0.283. The molecule has 2 saturated heterocycles. The minimum atomic E-state index is -0.506. The number of hydrogen-bond donors (Lipinski definition) is 2. The van der Waals surface area contributed by atoms with Gasteiger partial charge in [-0.1, -0.05) is 36.8 Å². The monoisotopic (exact) mass is 412 g/mol. The molecule has 7 nitrogen and oxygen atoms in total. The second-order valence-corrected chi connectivity index (χ2v) is 8.43. The van der Waals surface area contributed by atoms with Crippen LogP contribution in [0.4, 0.5) is 4.79 Å². The van der Waals surface area contributed by atoms with Gasteiger partial charge in [0.25, 0.3) is 0 Å². The van der Waals surface area contributed by atoms with Crippen LogP contribution in [-0.2, 0) is 9.53 Å². The normalized spacial score (nSPS) is 24.3. The van der Waals surface area contributed by atoms with E-state index < -0.39 is 12.0 Å². The van der Waals surface area contributed by atoms with Gasteiger partial charge in [-0.25, -0.2) is 9.59 Å². The summed E-state index contributed by atoms with van der Waals surface area (Å²) in [5.74, 6) is -0.408. The topological polar surface area (TPSA) is 73.9 Å². The lowest BCUT2D eigenvalue weighted by Gasteiger charge is -2.41. The molecule has 3 aliphatic heterocycles. The maximum atomic E-state index is 12.7. The van der Waals surface area contributed by atoms with Crippen LogP contribution in [0.1, 0.15) is 43.7 Å². The average molecular weight is 413 g/mol. The summed E-state index contributed by atoms with van der Waals surface area (Å²) in [5.41, 5.74) is 2.01. The van der Waals surface area contributed by atoms with Crippen LogP contribution in [0.15, 0.2) is 41.6 Å². The molecule has 3 aliphatic rings. The van der Waals surface area contributed by atoms with Crippen molar-refractivity contribution in [1.29, 1.82) is 0 Å². The van der Waals surface area contributed by atoms with Gasteiger partial charge in [-0.2, -0.15) is 0 Å². The molecule has 2 fully saturated rings. The molecule has 1 aromatic carbocycles. The van der Waals surface area contributed by atoms with E-state index in [1.54, 1.807) is 0 Å². The van der Waals surface area contributed by atoms with Gasteiger partial charge in [0.15, 0.2) is 0 Å². The third-order valence-electron chi connectivity index (χ3n) is 6.54. The number of nitrogens with one attached hydrogen (secondary N) is 2. The number of carbonyl (C=O) groups excluding carboxylic acids is 2. The second kappa shape index (κ2) is 9.62. The van der Waals surface area contributed by atoms with Gasteiger partial charge < -0.3 is 20.3 Å². The van der Waals surface area contributed by atoms with E-state index in [4.69, 9.17) is 4.74 Å². The van der Waals surface area contributed by atoms with Crippen LogP contribution in [0.25, 0.3) is 0 Å². The molecule has 3 heterocycles. The van der Waals surface area contributed by atoms with Crippen molar-refractivity contribution in [2.45, 2.75) is 44.2 Å². The van der Waals surface area contributed by atoms with Gasteiger partial charge in [0, 0.05) is 31.4 Å². The molecule has 0 radical (unpaired) electrons. The third-order valence-corrected chi connectivity index (χ3v) is 6.54. The molecular formula is C23H32N4O3. The van der Waals surface area contributed by atoms with Crippen molar-refractivity contribution < 1.29 is 14.3 Å². The highest BCUT2D eigenvalue weighted by Crippen LogP contribution is 2.29.